The summed E-state index contributed by atoms with van der Waals surface area (Å²) in [5.74, 6) is 1.61. The van der Waals surface area contributed by atoms with Crippen LogP contribution in [0.5, 0.6) is 0 Å². The summed E-state index contributed by atoms with van der Waals surface area (Å²) in [6, 6.07) is 8.82. The highest BCUT2D eigenvalue weighted by Crippen LogP contribution is 2.30. The van der Waals surface area contributed by atoms with Crippen LogP contribution in [0.15, 0.2) is 30.6 Å². The lowest BCUT2D eigenvalue weighted by atomic mass is 9.80. The molecular weight excluding hydrogens is 250 g/mol. The first-order chi connectivity index (χ1) is 9.70. The molecule has 106 valence electrons. The summed E-state index contributed by atoms with van der Waals surface area (Å²) in [6.45, 7) is 4.70. The minimum absolute atomic E-state index is 0.567. The average Bonchev–Trinajstić information content (AvgIpc) is 2.91. The second-order valence-electron chi connectivity index (χ2n) is 6.06. The van der Waals surface area contributed by atoms with E-state index in [1.165, 1.54) is 19.3 Å². The van der Waals surface area contributed by atoms with Crippen LogP contribution in [0.1, 0.15) is 33.1 Å². The Labute approximate surface area is 119 Å². The zero-order valence-electron chi connectivity index (χ0n) is 12.0. The Morgan fingerprint density at radius 1 is 1.15 bits per heavy atom. The van der Waals surface area contributed by atoms with Gasteiger partial charge in [-0.15, -0.1) is 5.10 Å². The van der Waals surface area contributed by atoms with Gasteiger partial charge in [-0.25, -0.2) is 4.68 Å². The second-order valence-corrected chi connectivity index (χ2v) is 6.06. The highest BCUT2D eigenvalue weighted by molar-refractivity contribution is 5.51. The maximum atomic E-state index is 3.93. The fourth-order valence-corrected chi connectivity index (χ4v) is 3.32. The van der Waals surface area contributed by atoms with Crippen molar-refractivity contribution in [3.05, 3.63) is 30.6 Å². The SMILES string of the molecule is CC1CC(C)CC(Nc2cccc(-n3cnnn3)c2)C1. The van der Waals surface area contributed by atoms with Gasteiger partial charge < -0.3 is 5.32 Å². The van der Waals surface area contributed by atoms with E-state index in [4.69, 9.17) is 0 Å². The number of anilines is 1. The van der Waals surface area contributed by atoms with E-state index in [2.05, 4.69) is 46.8 Å². The Kier molecular flexibility index (Phi) is 3.67. The van der Waals surface area contributed by atoms with Gasteiger partial charge in [-0.2, -0.15) is 0 Å². The number of rotatable bonds is 3. The summed E-state index contributed by atoms with van der Waals surface area (Å²) in [5.41, 5.74) is 2.13. The molecular formula is C15H21N5. The Morgan fingerprint density at radius 2 is 1.95 bits per heavy atom. The van der Waals surface area contributed by atoms with E-state index in [1.54, 1.807) is 11.0 Å². The zero-order chi connectivity index (χ0) is 13.9. The maximum absolute atomic E-state index is 3.93. The van der Waals surface area contributed by atoms with E-state index >= 15 is 0 Å². The van der Waals surface area contributed by atoms with Gasteiger partial charge in [-0.3, -0.25) is 0 Å². The molecule has 0 bridgehead atoms. The predicted molar refractivity (Wildman–Crippen MR) is 78.7 cm³/mol. The van der Waals surface area contributed by atoms with Crippen molar-refractivity contribution in [2.24, 2.45) is 11.8 Å². The third-order valence-electron chi connectivity index (χ3n) is 4.01. The van der Waals surface area contributed by atoms with Gasteiger partial charge in [-0.05, 0) is 59.7 Å². The molecule has 1 saturated carbocycles. The summed E-state index contributed by atoms with van der Waals surface area (Å²) in [4.78, 5) is 0. The minimum Gasteiger partial charge on any atom is -0.382 e. The van der Waals surface area contributed by atoms with Crippen LogP contribution >= 0.6 is 0 Å². The summed E-state index contributed by atoms with van der Waals surface area (Å²) in [5, 5.41) is 14.9. The van der Waals surface area contributed by atoms with E-state index in [9.17, 15) is 0 Å². The van der Waals surface area contributed by atoms with Gasteiger partial charge in [0.15, 0.2) is 0 Å². The number of benzene rings is 1. The first-order valence-corrected chi connectivity index (χ1v) is 7.30. The molecule has 20 heavy (non-hydrogen) atoms. The Hall–Kier alpha value is -1.91. The first kappa shape index (κ1) is 13.1. The Balaban J connectivity index is 1.73. The fourth-order valence-electron chi connectivity index (χ4n) is 3.32. The van der Waals surface area contributed by atoms with Crippen LogP contribution in [0.4, 0.5) is 5.69 Å². The molecule has 0 radical (unpaired) electrons. The van der Waals surface area contributed by atoms with E-state index in [0.29, 0.717) is 6.04 Å². The maximum Gasteiger partial charge on any atom is 0.143 e. The van der Waals surface area contributed by atoms with Gasteiger partial charge in [0.25, 0.3) is 0 Å². The van der Waals surface area contributed by atoms with E-state index < -0.39 is 0 Å². The van der Waals surface area contributed by atoms with Crippen LogP contribution in [0.25, 0.3) is 5.69 Å². The quantitative estimate of drug-likeness (QED) is 0.932. The van der Waals surface area contributed by atoms with Gasteiger partial charge in [0.2, 0.25) is 0 Å². The number of tetrazole rings is 1. The molecule has 0 amide bonds. The highest BCUT2D eigenvalue weighted by Gasteiger charge is 2.23. The summed E-state index contributed by atoms with van der Waals surface area (Å²) >= 11 is 0. The summed E-state index contributed by atoms with van der Waals surface area (Å²) < 4.78 is 1.68. The second kappa shape index (κ2) is 5.61. The first-order valence-electron chi connectivity index (χ1n) is 7.30. The molecule has 1 fully saturated rings. The van der Waals surface area contributed by atoms with E-state index in [-0.39, 0.29) is 0 Å². The van der Waals surface area contributed by atoms with Crippen LogP contribution in [0.3, 0.4) is 0 Å². The number of nitrogens with one attached hydrogen (secondary N) is 1. The average molecular weight is 271 g/mol. The Bertz CT molecular complexity index is 541. The lowest BCUT2D eigenvalue weighted by Gasteiger charge is -2.32. The van der Waals surface area contributed by atoms with Gasteiger partial charge >= 0.3 is 0 Å². The van der Waals surface area contributed by atoms with Crippen molar-refractivity contribution < 1.29 is 0 Å². The smallest absolute Gasteiger partial charge is 0.143 e. The molecule has 2 aromatic rings. The van der Waals surface area contributed by atoms with Crippen LogP contribution in [-0.4, -0.2) is 26.2 Å². The zero-order valence-corrected chi connectivity index (χ0v) is 12.0. The molecule has 2 unspecified atom stereocenters. The molecule has 5 nitrogen and oxygen atoms in total. The van der Waals surface area contributed by atoms with Crippen LogP contribution in [0.2, 0.25) is 0 Å². The lowest BCUT2D eigenvalue weighted by molar-refractivity contribution is 0.281. The van der Waals surface area contributed by atoms with Gasteiger partial charge in [0.1, 0.15) is 6.33 Å². The molecule has 2 atom stereocenters. The van der Waals surface area contributed by atoms with Crippen LogP contribution in [0, 0.1) is 11.8 Å². The van der Waals surface area contributed by atoms with Crippen molar-refractivity contribution in [2.45, 2.75) is 39.2 Å². The molecule has 3 rings (SSSR count). The van der Waals surface area contributed by atoms with Gasteiger partial charge in [0, 0.05) is 11.7 Å². The van der Waals surface area contributed by atoms with Gasteiger partial charge in [-0.1, -0.05) is 19.9 Å². The molecule has 1 N–H and O–H groups in total. The van der Waals surface area contributed by atoms with Crippen molar-refractivity contribution in [1.82, 2.24) is 20.2 Å². The molecule has 5 heteroatoms. The van der Waals surface area contributed by atoms with Crippen molar-refractivity contribution in [3.63, 3.8) is 0 Å². The van der Waals surface area contributed by atoms with Crippen molar-refractivity contribution >= 4 is 5.69 Å². The van der Waals surface area contributed by atoms with Crippen LogP contribution < -0.4 is 5.32 Å². The molecule has 1 aliphatic rings. The van der Waals surface area contributed by atoms with Crippen LogP contribution in [-0.2, 0) is 0 Å². The third-order valence-corrected chi connectivity index (χ3v) is 4.01. The molecule has 1 aliphatic carbocycles. The molecule has 1 aromatic carbocycles. The predicted octanol–water partition coefficient (Wildman–Crippen LogP) is 2.90. The van der Waals surface area contributed by atoms with E-state index in [1.807, 2.05) is 12.1 Å². The van der Waals surface area contributed by atoms with Crippen molar-refractivity contribution in [3.8, 4) is 5.69 Å². The molecule has 0 saturated heterocycles. The Morgan fingerprint density at radius 3 is 2.65 bits per heavy atom. The van der Waals surface area contributed by atoms with Gasteiger partial charge in [0.05, 0.1) is 5.69 Å². The molecule has 1 heterocycles. The van der Waals surface area contributed by atoms with Crippen molar-refractivity contribution in [2.75, 3.05) is 5.32 Å². The normalized spacial score (nSPS) is 26.4. The number of nitrogens with zero attached hydrogens (tertiary/aromatic N) is 4. The fraction of sp³-hybridized carbons (Fsp3) is 0.533. The topological polar surface area (TPSA) is 55.6 Å². The summed E-state index contributed by atoms with van der Waals surface area (Å²) in [7, 11) is 0. The molecule has 0 spiro atoms. The lowest BCUT2D eigenvalue weighted by Crippen LogP contribution is -2.30. The van der Waals surface area contributed by atoms with E-state index in [0.717, 1.165) is 23.2 Å². The summed E-state index contributed by atoms with van der Waals surface area (Å²) in [6.07, 6.45) is 5.46. The molecule has 1 aromatic heterocycles. The highest BCUT2D eigenvalue weighted by atomic mass is 15.5. The monoisotopic (exact) mass is 271 g/mol. The number of hydrogen-bond donors (Lipinski definition) is 1. The number of aromatic nitrogens is 4. The largest absolute Gasteiger partial charge is 0.382 e. The standard InChI is InChI=1S/C15H21N5/c1-11-6-12(2)8-14(7-11)17-13-4-3-5-15(9-13)20-10-16-18-19-20/h3-5,9-12,14,17H,6-8H2,1-2H3. The number of hydrogen-bond acceptors (Lipinski definition) is 4. The third kappa shape index (κ3) is 2.98. The molecule has 0 aliphatic heterocycles. The minimum atomic E-state index is 0.567. The van der Waals surface area contributed by atoms with Crippen molar-refractivity contribution in [1.29, 1.82) is 0 Å².